The summed E-state index contributed by atoms with van der Waals surface area (Å²) in [7, 11) is 0. The van der Waals surface area contributed by atoms with E-state index in [1.807, 2.05) is 0 Å². The SMILES string of the molecule is CCCCCC1CCC(OC(=O)c2ccc(/C=C/C(=O)OCCc3cc(N)ccc3N)cc2)CC1.CCCCCCC1CCC(OC(=O)c2ccc(/C=C/C(=O)OCCc3cc(N)ccc3N)cc2)CC1. The Morgan fingerprint density at radius 3 is 1.27 bits per heavy atom. The van der Waals surface area contributed by atoms with Gasteiger partial charge in [0.2, 0.25) is 0 Å². The first kappa shape index (κ1) is 55.4. The summed E-state index contributed by atoms with van der Waals surface area (Å²) < 4.78 is 22.0. The van der Waals surface area contributed by atoms with Crippen LogP contribution in [0.1, 0.15) is 166 Å². The van der Waals surface area contributed by atoms with Crippen molar-refractivity contribution in [2.75, 3.05) is 36.1 Å². The van der Waals surface area contributed by atoms with Crippen molar-refractivity contribution in [3.05, 3.63) is 130 Å². The molecule has 0 unspecified atom stereocenters. The van der Waals surface area contributed by atoms with Crippen LogP contribution in [0.3, 0.4) is 0 Å². The third-order valence-corrected chi connectivity index (χ3v) is 13.5. The average molecular weight is 971 g/mol. The smallest absolute Gasteiger partial charge is 0.338 e. The van der Waals surface area contributed by atoms with Crippen LogP contribution < -0.4 is 22.9 Å². The minimum absolute atomic E-state index is 0.0152. The minimum atomic E-state index is -0.443. The Morgan fingerprint density at radius 2 is 0.873 bits per heavy atom. The zero-order valence-electron chi connectivity index (χ0n) is 42.1. The Morgan fingerprint density at radius 1 is 0.493 bits per heavy atom. The molecule has 0 spiro atoms. The summed E-state index contributed by atoms with van der Waals surface area (Å²) in [5.41, 5.74) is 30.2. The van der Waals surface area contributed by atoms with Gasteiger partial charge >= 0.3 is 23.9 Å². The fourth-order valence-corrected chi connectivity index (χ4v) is 9.15. The molecule has 0 aromatic heterocycles. The van der Waals surface area contributed by atoms with Crippen molar-refractivity contribution < 1.29 is 38.1 Å². The number of unbranched alkanes of at least 4 members (excludes halogenated alkanes) is 5. The summed E-state index contributed by atoms with van der Waals surface area (Å²) in [4.78, 5) is 49.1. The number of hydrogen-bond donors (Lipinski definition) is 4. The quantitative estimate of drug-likeness (QED) is 0.0180. The molecule has 2 aliphatic carbocycles. The summed E-state index contributed by atoms with van der Waals surface area (Å²) in [6, 6.07) is 24.6. The third kappa shape index (κ3) is 20.4. The summed E-state index contributed by atoms with van der Waals surface area (Å²) in [6.45, 7) is 4.89. The summed E-state index contributed by atoms with van der Waals surface area (Å²) in [6.07, 6.45) is 27.2. The molecule has 0 heterocycles. The lowest BCUT2D eigenvalue weighted by molar-refractivity contribution is -0.138. The number of rotatable bonds is 23. The van der Waals surface area contributed by atoms with Crippen LogP contribution in [0.25, 0.3) is 12.2 Å². The molecule has 4 aromatic rings. The maximum absolute atomic E-state index is 12.6. The Kier molecular flexibility index (Phi) is 23.6. The van der Waals surface area contributed by atoms with Gasteiger partial charge in [0.15, 0.2) is 0 Å². The predicted molar refractivity (Wildman–Crippen MR) is 286 cm³/mol. The van der Waals surface area contributed by atoms with E-state index in [9.17, 15) is 19.2 Å². The molecule has 4 aromatic carbocycles. The molecule has 2 aliphatic rings. The second kappa shape index (κ2) is 30.2. The van der Waals surface area contributed by atoms with Crippen LogP contribution in [-0.2, 0) is 41.4 Å². The number of esters is 4. The van der Waals surface area contributed by atoms with Crippen LogP contribution >= 0.6 is 0 Å². The maximum Gasteiger partial charge on any atom is 0.338 e. The van der Waals surface area contributed by atoms with Crippen molar-refractivity contribution in [2.45, 2.75) is 148 Å². The van der Waals surface area contributed by atoms with Gasteiger partial charge in [-0.2, -0.15) is 0 Å². The molecule has 382 valence electrons. The molecular formula is C59H78N4O8. The topological polar surface area (TPSA) is 209 Å². The highest BCUT2D eigenvalue weighted by atomic mass is 16.6. The van der Waals surface area contributed by atoms with Gasteiger partial charge in [0.25, 0.3) is 0 Å². The van der Waals surface area contributed by atoms with Gasteiger partial charge in [-0.1, -0.05) is 95.9 Å². The molecule has 12 heteroatoms. The van der Waals surface area contributed by atoms with Crippen LogP contribution in [0, 0.1) is 11.8 Å². The number of carbonyl (C=O) groups is 4. The van der Waals surface area contributed by atoms with Crippen molar-refractivity contribution >= 4 is 58.8 Å². The van der Waals surface area contributed by atoms with E-state index in [2.05, 4.69) is 13.8 Å². The molecular weight excluding hydrogens is 893 g/mol. The number of nitrogens with two attached hydrogens (primary N) is 4. The molecule has 2 saturated carbocycles. The molecule has 2 fully saturated rings. The largest absolute Gasteiger partial charge is 0.462 e. The van der Waals surface area contributed by atoms with Crippen LogP contribution in [0.15, 0.2) is 97.1 Å². The van der Waals surface area contributed by atoms with Crippen LogP contribution in [0.4, 0.5) is 22.7 Å². The Bertz CT molecular complexity index is 2330. The van der Waals surface area contributed by atoms with Crippen LogP contribution in [0.2, 0.25) is 0 Å². The minimum Gasteiger partial charge on any atom is -0.462 e. The van der Waals surface area contributed by atoms with Gasteiger partial charge < -0.3 is 41.9 Å². The summed E-state index contributed by atoms with van der Waals surface area (Å²) in [5, 5.41) is 0. The van der Waals surface area contributed by atoms with E-state index in [4.69, 9.17) is 41.9 Å². The number of ether oxygens (including phenoxy) is 4. The maximum atomic E-state index is 12.6. The molecule has 8 N–H and O–H groups in total. The second-order valence-corrected chi connectivity index (χ2v) is 19.1. The summed E-state index contributed by atoms with van der Waals surface area (Å²) in [5.74, 6) is 0.116. The third-order valence-electron chi connectivity index (χ3n) is 13.5. The number of carbonyl (C=O) groups excluding carboxylic acids is 4. The van der Waals surface area contributed by atoms with Gasteiger partial charge in [-0.15, -0.1) is 0 Å². The van der Waals surface area contributed by atoms with Crippen molar-refractivity contribution in [2.24, 2.45) is 11.8 Å². The van der Waals surface area contributed by atoms with Gasteiger partial charge in [-0.3, -0.25) is 0 Å². The summed E-state index contributed by atoms with van der Waals surface area (Å²) >= 11 is 0. The van der Waals surface area contributed by atoms with Gasteiger partial charge in [0, 0.05) is 47.7 Å². The van der Waals surface area contributed by atoms with E-state index in [0.717, 1.165) is 85.5 Å². The van der Waals surface area contributed by atoms with Crippen molar-refractivity contribution in [3.63, 3.8) is 0 Å². The predicted octanol–water partition coefficient (Wildman–Crippen LogP) is 12.3. The van der Waals surface area contributed by atoms with E-state index >= 15 is 0 Å². The molecule has 0 atom stereocenters. The first-order valence-corrected chi connectivity index (χ1v) is 26.0. The normalized spacial score (nSPS) is 17.8. The highest BCUT2D eigenvalue weighted by molar-refractivity contribution is 5.91. The molecule has 71 heavy (non-hydrogen) atoms. The number of nitrogen functional groups attached to an aromatic ring is 4. The van der Waals surface area contributed by atoms with Crippen LogP contribution in [0.5, 0.6) is 0 Å². The molecule has 12 nitrogen and oxygen atoms in total. The molecule has 0 saturated heterocycles. The zero-order chi connectivity index (χ0) is 50.8. The Labute approximate surface area is 421 Å². The zero-order valence-corrected chi connectivity index (χ0v) is 42.1. The lowest BCUT2D eigenvalue weighted by Crippen LogP contribution is -2.24. The van der Waals surface area contributed by atoms with E-state index in [1.165, 1.54) is 69.9 Å². The fraction of sp³-hybridized carbons (Fsp3) is 0.458. The first-order valence-electron chi connectivity index (χ1n) is 26.0. The lowest BCUT2D eigenvalue weighted by Gasteiger charge is -2.28. The van der Waals surface area contributed by atoms with E-state index in [0.29, 0.717) is 46.7 Å². The molecule has 0 aliphatic heterocycles. The molecule has 0 bridgehead atoms. The van der Waals surface area contributed by atoms with E-state index in [-0.39, 0.29) is 37.4 Å². The van der Waals surface area contributed by atoms with Gasteiger partial charge in [0.1, 0.15) is 12.2 Å². The van der Waals surface area contributed by atoms with E-state index in [1.54, 1.807) is 97.1 Å². The van der Waals surface area contributed by atoms with Crippen molar-refractivity contribution in [3.8, 4) is 0 Å². The van der Waals surface area contributed by atoms with Crippen molar-refractivity contribution in [1.82, 2.24) is 0 Å². The second-order valence-electron chi connectivity index (χ2n) is 19.1. The average Bonchev–Trinajstić information content (AvgIpc) is 3.37. The molecule has 0 amide bonds. The van der Waals surface area contributed by atoms with E-state index < -0.39 is 11.9 Å². The van der Waals surface area contributed by atoms with Crippen LogP contribution in [-0.4, -0.2) is 49.3 Å². The standard InChI is InChI=1S/C30H40N2O4.C29H38N2O4/c1-2-3-4-5-6-22-9-15-27(16-10-22)36-30(34)24-12-7-23(8-13-24)11-18-29(33)35-20-19-25-21-26(31)14-17-28(25)32;1-2-3-4-5-21-8-14-26(15-9-21)35-29(33)23-11-6-22(7-12-23)10-17-28(32)34-19-18-24-20-25(30)13-16-27(24)31/h7-8,11-14,17-18,21-22,27H,2-6,9-10,15-16,19-20,31-32H2,1H3;6-7,10-13,16-17,20-21,26H,2-5,8-9,14-15,18-19,30-31H2,1H3/b18-11+;17-10+. The number of anilines is 4. The Balaban J connectivity index is 0.000000264. The highest BCUT2D eigenvalue weighted by Crippen LogP contribution is 2.32. The van der Waals surface area contributed by atoms with Gasteiger partial charge in [-0.25, -0.2) is 19.2 Å². The van der Waals surface area contributed by atoms with Crippen molar-refractivity contribution in [1.29, 1.82) is 0 Å². The fourth-order valence-electron chi connectivity index (χ4n) is 9.15. The highest BCUT2D eigenvalue weighted by Gasteiger charge is 2.25. The molecule has 0 radical (unpaired) electrons. The number of benzene rings is 4. The van der Waals surface area contributed by atoms with Gasteiger partial charge in [-0.05, 0) is 158 Å². The van der Waals surface area contributed by atoms with Gasteiger partial charge in [0.05, 0.1) is 24.3 Å². The monoisotopic (exact) mass is 971 g/mol. The number of hydrogen-bond acceptors (Lipinski definition) is 12. The lowest BCUT2D eigenvalue weighted by atomic mass is 9.84. The Hall–Kier alpha value is -6.56. The first-order chi connectivity index (χ1) is 34.4. The molecule has 6 rings (SSSR count).